The lowest BCUT2D eigenvalue weighted by molar-refractivity contribution is 0.774. The van der Waals surface area contributed by atoms with Crippen molar-refractivity contribution < 1.29 is 0 Å². The Morgan fingerprint density at radius 1 is 0.677 bits per heavy atom. The Bertz CT molecular complexity index is 1400. The fourth-order valence-corrected chi connectivity index (χ4v) is 5.51. The number of benzene rings is 4. The van der Waals surface area contributed by atoms with Crippen molar-refractivity contribution in [3.63, 3.8) is 0 Å². The summed E-state index contributed by atoms with van der Waals surface area (Å²) in [5.74, 6) is 0. The van der Waals surface area contributed by atoms with Gasteiger partial charge in [-0.2, -0.15) is 0 Å². The monoisotopic (exact) mass is 396 g/mol. The number of hydrogen-bond donors (Lipinski definition) is 0. The van der Waals surface area contributed by atoms with Gasteiger partial charge in [-0.05, 0) is 57.5 Å². The summed E-state index contributed by atoms with van der Waals surface area (Å²) in [6.07, 6.45) is 10.3. The van der Waals surface area contributed by atoms with Gasteiger partial charge in [0.2, 0.25) is 0 Å². The second kappa shape index (κ2) is 6.96. The van der Waals surface area contributed by atoms with Crippen molar-refractivity contribution in [2.24, 2.45) is 0 Å². The maximum atomic E-state index is 2.35. The van der Waals surface area contributed by atoms with Gasteiger partial charge < -0.3 is 0 Å². The van der Waals surface area contributed by atoms with Crippen LogP contribution >= 0.6 is 0 Å². The van der Waals surface area contributed by atoms with Gasteiger partial charge in [-0.25, -0.2) is 0 Å². The second-order valence-electron chi connectivity index (χ2n) is 8.61. The first-order valence-corrected chi connectivity index (χ1v) is 11.0. The van der Waals surface area contributed by atoms with Crippen LogP contribution in [0.5, 0.6) is 0 Å². The number of fused-ring (bicyclic) bond motifs is 5. The van der Waals surface area contributed by atoms with E-state index in [9.17, 15) is 0 Å². The van der Waals surface area contributed by atoms with E-state index in [1.807, 2.05) is 0 Å². The molecule has 0 spiro atoms. The average Bonchev–Trinajstić information content (AvgIpc) is 2.96. The predicted molar refractivity (Wildman–Crippen MR) is 131 cm³/mol. The number of allylic oxidation sites excluding steroid dienone is 6. The van der Waals surface area contributed by atoms with Crippen molar-refractivity contribution >= 4 is 10.8 Å². The van der Waals surface area contributed by atoms with Gasteiger partial charge in [0.25, 0.3) is 0 Å². The maximum Gasteiger partial charge on any atom is 0.0719 e. The summed E-state index contributed by atoms with van der Waals surface area (Å²) < 4.78 is 0. The van der Waals surface area contributed by atoms with Crippen LogP contribution in [0.2, 0.25) is 0 Å². The molecule has 31 heavy (non-hydrogen) atoms. The summed E-state index contributed by atoms with van der Waals surface area (Å²) in [5.41, 5.74) is 9.16. The van der Waals surface area contributed by atoms with Crippen LogP contribution in [0.4, 0.5) is 0 Å². The smallest absolute Gasteiger partial charge is 0.0719 e. The fraction of sp³-hybridized carbons (Fsp3) is 0.0968. The molecule has 1 atom stereocenters. The molecular formula is C31H24. The minimum atomic E-state index is -0.342. The Hall–Kier alpha value is -3.64. The van der Waals surface area contributed by atoms with Gasteiger partial charge in [-0.3, -0.25) is 0 Å². The lowest BCUT2D eigenvalue weighted by atomic mass is 9.66. The lowest BCUT2D eigenvalue weighted by Crippen LogP contribution is -2.29. The van der Waals surface area contributed by atoms with E-state index in [1.165, 1.54) is 49.7 Å². The van der Waals surface area contributed by atoms with E-state index < -0.39 is 0 Å². The molecule has 0 heteroatoms. The molecule has 2 aliphatic carbocycles. The Kier molecular flexibility index (Phi) is 4.07. The Morgan fingerprint density at radius 3 is 2.35 bits per heavy atom. The van der Waals surface area contributed by atoms with E-state index in [-0.39, 0.29) is 5.41 Å². The summed E-state index contributed by atoms with van der Waals surface area (Å²) in [4.78, 5) is 0. The molecular weight excluding hydrogens is 372 g/mol. The van der Waals surface area contributed by atoms with Crippen molar-refractivity contribution in [3.05, 3.63) is 143 Å². The van der Waals surface area contributed by atoms with E-state index in [4.69, 9.17) is 0 Å². The second-order valence-corrected chi connectivity index (χ2v) is 8.61. The van der Waals surface area contributed by atoms with Gasteiger partial charge in [0.15, 0.2) is 0 Å². The minimum Gasteiger partial charge on any atom is -0.0801 e. The zero-order chi connectivity index (χ0) is 20.8. The molecule has 0 N–H and O–H groups in total. The number of rotatable bonds is 2. The van der Waals surface area contributed by atoms with Gasteiger partial charge in [-0.15, -0.1) is 0 Å². The van der Waals surface area contributed by atoms with Crippen LogP contribution in [0.1, 0.15) is 30.0 Å². The highest BCUT2D eigenvalue weighted by atomic mass is 14.5. The molecule has 4 aromatic rings. The van der Waals surface area contributed by atoms with Gasteiger partial charge in [0, 0.05) is 0 Å². The quantitative estimate of drug-likeness (QED) is 0.322. The lowest BCUT2D eigenvalue weighted by Gasteiger charge is -2.35. The Morgan fingerprint density at radius 2 is 1.45 bits per heavy atom. The molecule has 0 amide bonds. The zero-order valence-electron chi connectivity index (χ0n) is 17.7. The van der Waals surface area contributed by atoms with E-state index in [0.29, 0.717) is 0 Å². The molecule has 148 valence electrons. The molecule has 0 radical (unpaired) electrons. The summed E-state index contributed by atoms with van der Waals surface area (Å²) in [6, 6.07) is 33.4. The standard InChI is InChI=1S/C31H24/c1-22-10-9-14-25(20-18-22)31(24-12-3-2-4-13-24)29-17-8-7-16-27(29)28-21-19-23-11-5-6-15-26(23)30(28)31/h2-9,11-21H,10H2,1H3. The third-order valence-electron chi connectivity index (χ3n) is 6.85. The first kappa shape index (κ1) is 18.2. The number of hydrogen-bond acceptors (Lipinski definition) is 0. The molecule has 0 saturated carbocycles. The molecule has 1 unspecified atom stereocenters. The van der Waals surface area contributed by atoms with Crippen molar-refractivity contribution in [2.75, 3.05) is 0 Å². The highest BCUT2D eigenvalue weighted by molar-refractivity contribution is 6.00. The van der Waals surface area contributed by atoms with E-state index in [1.54, 1.807) is 0 Å². The van der Waals surface area contributed by atoms with Gasteiger partial charge in [0.05, 0.1) is 5.41 Å². The van der Waals surface area contributed by atoms with Crippen molar-refractivity contribution in [2.45, 2.75) is 18.8 Å². The van der Waals surface area contributed by atoms with Crippen LogP contribution < -0.4 is 0 Å². The van der Waals surface area contributed by atoms with Crippen molar-refractivity contribution in [1.82, 2.24) is 0 Å². The van der Waals surface area contributed by atoms with Crippen molar-refractivity contribution in [3.8, 4) is 11.1 Å². The van der Waals surface area contributed by atoms with Crippen molar-refractivity contribution in [1.29, 1.82) is 0 Å². The van der Waals surface area contributed by atoms with Crippen LogP contribution in [0.25, 0.3) is 21.9 Å². The zero-order valence-corrected chi connectivity index (χ0v) is 17.7. The molecule has 4 aromatic carbocycles. The van der Waals surface area contributed by atoms with E-state index in [0.717, 1.165) is 6.42 Å². The van der Waals surface area contributed by atoms with E-state index in [2.05, 4.69) is 122 Å². The molecule has 0 saturated heterocycles. The van der Waals surface area contributed by atoms with Crippen LogP contribution in [-0.4, -0.2) is 0 Å². The SMILES string of the molecule is CC1=CC=C(C2(c3ccccc3)c3ccccc3-c3ccc4ccccc4c32)C=CC1. The fourth-order valence-electron chi connectivity index (χ4n) is 5.51. The van der Waals surface area contributed by atoms with Gasteiger partial charge in [0.1, 0.15) is 0 Å². The molecule has 2 aliphatic rings. The topological polar surface area (TPSA) is 0 Å². The first-order chi connectivity index (χ1) is 15.3. The largest absolute Gasteiger partial charge is 0.0801 e. The third kappa shape index (κ3) is 2.55. The normalized spacial score (nSPS) is 19.4. The molecule has 0 bridgehead atoms. The highest BCUT2D eigenvalue weighted by Crippen LogP contribution is 2.58. The Balaban J connectivity index is 1.84. The highest BCUT2D eigenvalue weighted by Gasteiger charge is 2.47. The average molecular weight is 397 g/mol. The summed E-state index contributed by atoms with van der Waals surface area (Å²) in [6.45, 7) is 2.21. The van der Waals surface area contributed by atoms with E-state index >= 15 is 0 Å². The molecule has 0 fully saturated rings. The molecule has 6 rings (SSSR count). The summed E-state index contributed by atoms with van der Waals surface area (Å²) >= 11 is 0. The first-order valence-electron chi connectivity index (χ1n) is 11.0. The predicted octanol–water partition coefficient (Wildman–Crippen LogP) is 7.99. The van der Waals surface area contributed by atoms with Crippen LogP contribution in [-0.2, 0) is 5.41 Å². The molecule has 0 aromatic heterocycles. The van der Waals surface area contributed by atoms with Crippen LogP contribution in [0.15, 0.2) is 126 Å². The third-order valence-corrected chi connectivity index (χ3v) is 6.85. The minimum absolute atomic E-state index is 0.342. The summed E-state index contributed by atoms with van der Waals surface area (Å²) in [5, 5.41) is 2.62. The molecule has 0 aliphatic heterocycles. The van der Waals surface area contributed by atoms with Gasteiger partial charge >= 0.3 is 0 Å². The van der Waals surface area contributed by atoms with Gasteiger partial charge in [-0.1, -0.05) is 121 Å². The summed E-state index contributed by atoms with van der Waals surface area (Å²) in [7, 11) is 0. The van der Waals surface area contributed by atoms with Crippen LogP contribution in [0.3, 0.4) is 0 Å². The molecule has 0 nitrogen and oxygen atoms in total. The van der Waals surface area contributed by atoms with Crippen LogP contribution in [0, 0.1) is 0 Å². The maximum absolute atomic E-state index is 2.35. The Labute approximate surface area is 183 Å². The molecule has 0 heterocycles.